The molecule has 0 bridgehead atoms. The number of rotatable bonds is 10. The minimum absolute atomic E-state index is 0.0103. The maximum absolute atomic E-state index is 13.5. The standard InChI is InChI=1S/C21H20FNO4/c1-2-19(24)21(27-18-11-16(13-23)10-17(22)12-18)20(25)8-9-26-14-15-6-4-3-5-7-15/h3-7,10-12,21H,2,8-9,14H2,1H3. The van der Waals surface area contributed by atoms with E-state index >= 15 is 0 Å². The second-order valence-electron chi connectivity index (χ2n) is 5.86. The van der Waals surface area contributed by atoms with Gasteiger partial charge in [-0.05, 0) is 17.7 Å². The zero-order valence-electron chi connectivity index (χ0n) is 15.0. The fraction of sp³-hybridized carbons (Fsp3) is 0.286. The van der Waals surface area contributed by atoms with Crippen molar-refractivity contribution in [3.8, 4) is 11.8 Å². The SMILES string of the molecule is CCC(=O)C(Oc1cc(F)cc(C#N)c1)C(=O)CCOCc1ccccc1. The highest BCUT2D eigenvalue weighted by Crippen LogP contribution is 2.19. The Labute approximate surface area is 157 Å². The highest BCUT2D eigenvalue weighted by molar-refractivity contribution is 6.05. The molecule has 0 aliphatic carbocycles. The molecule has 0 spiro atoms. The average Bonchev–Trinajstić information content (AvgIpc) is 2.69. The van der Waals surface area contributed by atoms with E-state index in [4.69, 9.17) is 14.7 Å². The van der Waals surface area contributed by atoms with E-state index in [2.05, 4.69) is 0 Å². The van der Waals surface area contributed by atoms with Crippen LogP contribution in [0.5, 0.6) is 5.75 Å². The van der Waals surface area contributed by atoms with Crippen LogP contribution in [0.1, 0.15) is 30.9 Å². The molecule has 0 aromatic heterocycles. The second-order valence-corrected chi connectivity index (χ2v) is 5.86. The lowest BCUT2D eigenvalue weighted by Gasteiger charge is -2.17. The Morgan fingerprint density at radius 1 is 1.15 bits per heavy atom. The van der Waals surface area contributed by atoms with Gasteiger partial charge in [-0.25, -0.2) is 4.39 Å². The van der Waals surface area contributed by atoms with Gasteiger partial charge in [0, 0.05) is 18.9 Å². The number of hydrogen-bond acceptors (Lipinski definition) is 5. The smallest absolute Gasteiger partial charge is 0.214 e. The molecule has 27 heavy (non-hydrogen) atoms. The molecular weight excluding hydrogens is 349 g/mol. The van der Waals surface area contributed by atoms with Crippen molar-refractivity contribution in [2.24, 2.45) is 0 Å². The van der Waals surface area contributed by atoms with Gasteiger partial charge in [-0.2, -0.15) is 5.26 Å². The highest BCUT2D eigenvalue weighted by Gasteiger charge is 2.27. The van der Waals surface area contributed by atoms with Crippen LogP contribution in [0, 0.1) is 17.1 Å². The predicted octanol–water partition coefficient (Wildman–Crippen LogP) is 3.60. The Kier molecular flexibility index (Phi) is 7.65. The summed E-state index contributed by atoms with van der Waals surface area (Å²) in [6.07, 6.45) is -1.26. The van der Waals surface area contributed by atoms with Crippen LogP contribution in [-0.4, -0.2) is 24.3 Å². The number of benzene rings is 2. The minimum atomic E-state index is -1.34. The lowest BCUT2D eigenvalue weighted by atomic mass is 10.1. The monoisotopic (exact) mass is 369 g/mol. The van der Waals surface area contributed by atoms with Crippen molar-refractivity contribution in [2.75, 3.05) is 6.61 Å². The molecule has 0 amide bonds. The van der Waals surface area contributed by atoms with E-state index in [1.165, 1.54) is 6.07 Å². The van der Waals surface area contributed by atoms with Crippen molar-refractivity contribution in [1.82, 2.24) is 0 Å². The van der Waals surface area contributed by atoms with Crippen LogP contribution in [0.4, 0.5) is 4.39 Å². The molecular formula is C21H20FNO4. The van der Waals surface area contributed by atoms with E-state index < -0.39 is 23.5 Å². The van der Waals surface area contributed by atoms with Crippen LogP contribution in [0.3, 0.4) is 0 Å². The van der Waals surface area contributed by atoms with E-state index in [1.807, 2.05) is 30.3 Å². The number of ketones is 2. The van der Waals surface area contributed by atoms with Crippen molar-refractivity contribution in [1.29, 1.82) is 5.26 Å². The first-order valence-electron chi connectivity index (χ1n) is 8.58. The molecule has 0 radical (unpaired) electrons. The zero-order valence-corrected chi connectivity index (χ0v) is 15.0. The van der Waals surface area contributed by atoms with Crippen LogP contribution in [0.25, 0.3) is 0 Å². The van der Waals surface area contributed by atoms with Crippen molar-refractivity contribution < 1.29 is 23.5 Å². The van der Waals surface area contributed by atoms with Gasteiger partial charge in [-0.3, -0.25) is 9.59 Å². The molecule has 0 N–H and O–H groups in total. The Bertz CT molecular complexity index is 830. The maximum Gasteiger partial charge on any atom is 0.214 e. The summed E-state index contributed by atoms with van der Waals surface area (Å²) in [7, 11) is 0. The van der Waals surface area contributed by atoms with Gasteiger partial charge in [-0.1, -0.05) is 37.3 Å². The van der Waals surface area contributed by atoms with Crippen molar-refractivity contribution in [3.63, 3.8) is 0 Å². The minimum Gasteiger partial charge on any atom is -0.475 e. The van der Waals surface area contributed by atoms with Gasteiger partial charge in [0.05, 0.1) is 24.8 Å². The van der Waals surface area contributed by atoms with Crippen LogP contribution in [0.2, 0.25) is 0 Å². The third-order valence-electron chi connectivity index (χ3n) is 3.79. The van der Waals surface area contributed by atoms with Gasteiger partial charge in [0.2, 0.25) is 6.10 Å². The zero-order chi connectivity index (χ0) is 19.6. The first-order chi connectivity index (χ1) is 13.0. The van der Waals surface area contributed by atoms with Crippen molar-refractivity contribution in [2.45, 2.75) is 32.5 Å². The Balaban J connectivity index is 1.96. The summed E-state index contributed by atoms with van der Waals surface area (Å²) >= 11 is 0. The summed E-state index contributed by atoms with van der Waals surface area (Å²) < 4.78 is 24.4. The molecule has 1 atom stereocenters. The number of halogens is 1. The van der Waals surface area contributed by atoms with Gasteiger partial charge in [0.25, 0.3) is 0 Å². The summed E-state index contributed by atoms with van der Waals surface area (Å²) in [6.45, 7) is 2.11. The quantitative estimate of drug-likeness (QED) is 0.472. The predicted molar refractivity (Wildman–Crippen MR) is 96.6 cm³/mol. The van der Waals surface area contributed by atoms with E-state index in [1.54, 1.807) is 13.0 Å². The summed E-state index contributed by atoms with van der Waals surface area (Å²) in [5, 5.41) is 8.90. The summed E-state index contributed by atoms with van der Waals surface area (Å²) in [5.74, 6) is -1.56. The number of ether oxygens (including phenoxy) is 2. The normalized spacial score (nSPS) is 11.4. The lowest BCUT2D eigenvalue weighted by Crippen LogP contribution is -2.36. The number of carbonyl (C=O) groups is 2. The molecule has 5 nitrogen and oxygen atoms in total. The Morgan fingerprint density at radius 2 is 1.89 bits per heavy atom. The molecule has 140 valence electrons. The summed E-state index contributed by atoms with van der Waals surface area (Å²) in [5.41, 5.74) is 1.03. The third kappa shape index (κ3) is 6.32. The van der Waals surface area contributed by atoms with Crippen molar-refractivity contribution in [3.05, 3.63) is 65.5 Å². The van der Waals surface area contributed by atoms with Gasteiger partial charge >= 0.3 is 0 Å². The molecule has 6 heteroatoms. The Hall–Kier alpha value is -3.04. The lowest BCUT2D eigenvalue weighted by molar-refractivity contribution is -0.137. The molecule has 0 saturated carbocycles. The van der Waals surface area contributed by atoms with Gasteiger partial charge in [0.15, 0.2) is 11.6 Å². The molecule has 1 unspecified atom stereocenters. The molecule has 2 aromatic carbocycles. The Morgan fingerprint density at radius 3 is 2.56 bits per heavy atom. The second kappa shape index (κ2) is 10.2. The van der Waals surface area contributed by atoms with E-state index in [0.717, 1.165) is 17.7 Å². The maximum atomic E-state index is 13.5. The van der Waals surface area contributed by atoms with Crippen molar-refractivity contribution >= 4 is 11.6 Å². The molecule has 2 aromatic rings. The molecule has 0 aliphatic heterocycles. The number of nitrogens with zero attached hydrogens (tertiary/aromatic N) is 1. The van der Waals surface area contributed by atoms with Crippen LogP contribution in [0.15, 0.2) is 48.5 Å². The largest absolute Gasteiger partial charge is 0.475 e. The molecule has 0 aliphatic rings. The average molecular weight is 369 g/mol. The fourth-order valence-corrected chi connectivity index (χ4v) is 2.40. The first kappa shape index (κ1) is 20.3. The number of carbonyl (C=O) groups excluding carboxylic acids is 2. The summed E-state index contributed by atoms with van der Waals surface area (Å²) in [6, 6.07) is 14.7. The molecule has 0 saturated heterocycles. The van der Waals surface area contributed by atoms with Crippen LogP contribution < -0.4 is 4.74 Å². The highest BCUT2D eigenvalue weighted by atomic mass is 19.1. The molecule has 0 fully saturated rings. The van der Waals surface area contributed by atoms with Gasteiger partial charge < -0.3 is 9.47 Å². The number of hydrogen-bond donors (Lipinski definition) is 0. The van der Waals surface area contributed by atoms with Gasteiger partial charge in [0.1, 0.15) is 11.6 Å². The van der Waals surface area contributed by atoms with E-state index in [-0.39, 0.29) is 30.8 Å². The summed E-state index contributed by atoms with van der Waals surface area (Å²) in [4.78, 5) is 24.5. The molecule has 0 heterocycles. The number of Topliss-reactive ketones (excluding diaryl/α,β-unsaturated/α-hetero) is 2. The number of nitriles is 1. The van der Waals surface area contributed by atoms with Crippen LogP contribution in [-0.2, 0) is 20.9 Å². The molecule has 2 rings (SSSR count). The first-order valence-corrected chi connectivity index (χ1v) is 8.58. The van der Waals surface area contributed by atoms with E-state index in [0.29, 0.717) is 6.61 Å². The fourth-order valence-electron chi connectivity index (χ4n) is 2.40. The topological polar surface area (TPSA) is 76.4 Å². The van der Waals surface area contributed by atoms with E-state index in [9.17, 15) is 14.0 Å². The van der Waals surface area contributed by atoms with Gasteiger partial charge in [-0.15, -0.1) is 0 Å². The van der Waals surface area contributed by atoms with Crippen LogP contribution >= 0.6 is 0 Å². The third-order valence-corrected chi connectivity index (χ3v) is 3.79.